The van der Waals surface area contributed by atoms with Crippen molar-refractivity contribution in [2.24, 2.45) is 0 Å². The lowest BCUT2D eigenvalue weighted by Crippen LogP contribution is -2.07. The summed E-state index contributed by atoms with van der Waals surface area (Å²) in [5.74, 6) is -0.140. The fourth-order valence-corrected chi connectivity index (χ4v) is 1.23. The Kier molecular flexibility index (Phi) is 3.26. The quantitative estimate of drug-likeness (QED) is 0.699. The van der Waals surface area contributed by atoms with Gasteiger partial charge in [-0.25, -0.2) is 0 Å². The van der Waals surface area contributed by atoms with E-state index in [2.05, 4.69) is 4.74 Å². The molecule has 0 fully saturated rings. The number of ether oxygens (including phenoxy) is 1. The van der Waals surface area contributed by atoms with Gasteiger partial charge in [-0.2, -0.15) is 13.2 Å². The molecule has 5 heteroatoms. The molecule has 0 saturated carbocycles. The molecule has 0 amide bonds. The van der Waals surface area contributed by atoms with Crippen LogP contribution in [-0.4, -0.2) is 7.11 Å². The molecule has 0 atom stereocenters. The zero-order chi connectivity index (χ0) is 10.8. The normalized spacial score (nSPS) is 11.5. The van der Waals surface area contributed by atoms with Gasteiger partial charge < -0.3 is 4.74 Å². The number of rotatable bonds is 2. The van der Waals surface area contributed by atoms with Gasteiger partial charge in [-0.15, -0.1) is 11.6 Å². The Balaban J connectivity index is 3.22. The van der Waals surface area contributed by atoms with E-state index in [-0.39, 0.29) is 11.6 Å². The van der Waals surface area contributed by atoms with Gasteiger partial charge in [0, 0.05) is 5.88 Å². The van der Waals surface area contributed by atoms with Gasteiger partial charge in [-0.05, 0) is 17.7 Å². The maximum Gasteiger partial charge on any atom is 0.419 e. The van der Waals surface area contributed by atoms with E-state index < -0.39 is 11.7 Å². The fraction of sp³-hybridized carbons (Fsp3) is 0.333. The molecule has 0 spiro atoms. The zero-order valence-corrected chi connectivity index (χ0v) is 8.12. The monoisotopic (exact) mass is 224 g/mol. The molecule has 0 bridgehead atoms. The van der Waals surface area contributed by atoms with Crippen LogP contribution in [0.25, 0.3) is 0 Å². The summed E-state index contributed by atoms with van der Waals surface area (Å²) in [4.78, 5) is 0. The van der Waals surface area contributed by atoms with Crippen LogP contribution in [0.3, 0.4) is 0 Å². The molecule has 0 aliphatic heterocycles. The second-order valence-corrected chi connectivity index (χ2v) is 2.93. The van der Waals surface area contributed by atoms with E-state index >= 15 is 0 Å². The molecule has 1 rings (SSSR count). The van der Waals surface area contributed by atoms with Gasteiger partial charge in [0.05, 0.1) is 12.7 Å². The van der Waals surface area contributed by atoms with E-state index in [0.717, 1.165) is 6.07 Å². The molecule has 0 heterocycles. The van der Waals surface area contributed by atoms with E-state index in [9.17, 15) is 13.2 Å². The Morgan fingerprint density at radius 3 is 2.43 bits per heavy atom. The number of hydrogen-bond acceptors (Lipinski definition) is 1. The third kappa shape index (κ3) is 2.32. The van der Waals surface area contributed by atoms with Gasteiger partial charge in [0.25, 0.3) is 0 Å². The molecule has 0 saturated heterocycles. The highest BCUT2D eigenvalue weighted by atomic mass is 35.5. The molecule has 78 valence electrons. The van der Waals surface area contributed by atoms with Crippen LogP contribution in [0.4, 0.5) is 13.2 Å². The Bertz CT molecular complexity index is 322. The predicted molar refractivity (Wildman–Crippen MR) is 47.6 cm³/mol. The summed E-state index contributed by atoms with van der Waals surface area (Å²) >= 11 is 5.44. The predicted octanol–water partition coefficient (Wildman–Crippen LogP) is 3.45. The summed E-state index contributed by atoms with van der Waals surface area (Å²) in [6.45, 7) is 0. The Labute approximate surface area is 84.4 Å². The number of methoxy groups -OCH3 is 1. The number of hydrogen-bond donors (Lipinski definition) is 0. The van der Waals surface area contributed by atoms with Crippen LogP contribution < -0.4 is 4.74 Å². The van der Waals surface area contributed by atoms with Crippen LogP contribution >= 0.6 is 11.6 Å². The van der Waals surface area contributed by atoms with Gasteiger partial charge in [0.15, 0.2) is 0 Å². The van der Waals surface area contributed by atoms with Crippen LogP contribution in [0.1, 0.15) is 11.1 Å². The zero-order valence-electron chi connectivity index (χ0n) is 7.36. The van der Waals surface area contributed by atoms with Crippen LogP contribution in [0.15, 0.2) is 18.2 Å². The molecule has 0 aliphatic rings. The molecular formula is C9H8ClF3O. The first-order valence-electron chi connectivity index (χ1n) is 3.79. The molecule has 14 heavy (non-hydrogen) atoms. The van der Waals surface area contributed by atoms with Crippen LogP contribution in [-0.2, 0) is 12.1 Å². The fourth-order valence-electron chi connectivity index (χ4n) is 1.06. The summed E-state index contributed by atoms with van der Waals surface area (Å²) in [5.41, 5.74) is -0.377. The molecule has 1 nitrogen and oxygen atoms in total. The molecule has 0 N–H and O–H groups in total. The summed E-state index contributed by atoms with van der Waals surface area (Å²) in [7, 11) is 1.20. The van der Waals surface area contributed by atoms with Crippen LogP contribution in [0.2, 0.25) is 0 Å². The van der Waals surface area contributed by atoms with Crippen molar-refractivity contribution in [3.8, 4) is 5.75 Å². The largest absolute Gasteiger partial charge is 0.496 e. The molecule has 1 aromatic carbocycles. The number of halogens is 4. The lowest BCUT2D eigenvalue weighted by Gasteiger charge is -2.12. The Morgan fingerprint density at radius 1 is 1.36 bits per heavy atom. The van der Waals surface area contributed by atoms with E-state index in [1.807, 2.05) is 0 Å². The van der Waals surface area contributed by atoms with Crippen molar-refractivity contribution in [1.82, 2.24) is 0 Å². The van der Waals surface area contributed by atoms with E-state index in [1.165, 1.54) is 19.2 Å². The maximum absolute atomic E-state index is 12.4. The lowest BCUT2D eigenvalue weighted by molar-refractivity contribution is -0.138. The highest BCUT2D eigenvalue weighted by molar-refractivity contribution is 6.17. The molecule has 0 aromatic heterocycles. The first-order valence-corrected chi connectivity index (χ1v) is 4.32. The van der Waals surface area contributed by atoms with Crippen molar-refractivity contribution in [3.63, 3.8) is 0 Å². The second-order valence-electron chi connectivity index (χ2n) is 2.67. The summed E-state index contributed by atoms with van der Waals surface area (Å²) in [6, 6.07) is 3.76. The Morgan fingerprint density at radius 2 is 2.00 bits per heavy atom. The third-order valence-corrected chi connectivity index (χ3v) is 2.03. The van der Waals surface area contributed by atoms with E-state index in [4.69, 9.17) is 11.6 Å². The Hall–Kier alpha value is -0.900. The average molecular weight is 225 g/mol. The SMILES string of the molecule is COc1ccc(CCl)cc1C(F)(F)F. The molecule has 0 aliphatic carbocycles. The number of benzene rings is 1. The van der Waals surface area contributed by atoms with Crippen LogP contribution in [0.5, 0.6) is 5.75 Å². The maximum atomic E-state index is 12.4. The van der Waals surface area contributed by atoms with Crippen molar-refractivity contribution >= 4 is 11.6 Å². The van der Waals surface area contributed by atoms with E-state index in [0.29, 0.717) is 5.56 Å². The van der Waals surface area contributed by atoms with Crippen molar-refractivity contribution in [2.75, 3.05) is 7.11 Å². The van der Waals surface area contributed by atoms with Gasteiger partial charge in [-0.3, -0.25) is 0 Å². The van der Waals surface area contributed by atoms with Crippen molar-refractivity contribution in [2.45, 2.75) is 12.1 Å². The minimum Gasteiger partial charge on any atom is -0.496 e. The lowest BCUT2D eigenvalue weighted by atomic mass is 10.1. The highest BCUT2D eigenvalue weighted by Gasteiger charge is 2.34. The molecule has 1 aromatic rings. The van der Waals surface area contributed by atoms with Gasteiger partial charge >= 0.3 is 6.18 Å². The minimum atomic E-state index is -4.41. The molecule has 0 radical (unpaired) electrons. The van der Waals surface area contributed by atoms with Crippen molar-refractivity contribution in [1.29, 1.82) is 0 Å². The summed E-state index contributed by atoms with van der Waals surface area (Å²) in [5, 5.41) is 0. The summed E-state index contributed by atoms with van der Waals surface area (Å²) in [6.07, 6.45) is -4.41. The highest BCUT2D eigenvalue weighted by Crippen LogP contribution is 2.36. The van der Waals surface area contributed by atoms with Crippen molar-refractivity contribution < 1.29 is 17.9 Å². The smallest absolute Gasteiger partial charge is 0.419 e. The molecular weight excluding hydrogens is 217 g/mol. The molecule has 0 unspecified atom stereocenters. The first kappa shape index (κ1) is 11.2. The average Bonchev–Trinajstić information content (AvgIpc) is 2.15. The minimum absolute atomic E-state index is 0.0487. The second kappa shape index (κ2) is 4.09. The number of alkyl halides is 4. The van der Waals surface area contributed by atoms with Gasteiger partial charge in [0.2, 0.25) is 0 Å². The van der Waals surface area contributed by atoms with E-state index in [1.54, 1.807) is 0 Å². The first-order chi connectivity index (χ1) is 6.49. The van der Waals surface area contributed by atoms with Gasteiger partial charge in [-0.1, -0.05) is 6.07 Å². The standard InChI is InChI=1S/C9H8ClF3O/c1-14-8-3-2-6(5-10)4-7(8)9(11,12)13/h2-4H,5H2,1H3. The van der Waals surface area contributed by atoms with Gasteiger partial charge in [0.1, 0.15) is 5.75 Å². The third-order valence-electron chi connectivity index (χ3n) is 1.72. The van der Waals surface area contributed by atoms with Crippen LogP contribution in [0, 0.1) is 0 Å². The topological polar surface area (TPSA) is 9.23 Å². The van der Waals surface area contributed by atoms with Crippen molar-refractivity contribution in [3.05, 3.63) is 29.3 Å². The summed E-state index contributed by atoms with van der Waals surface area (Å²) < 4.78 is 41.9.